The molecule has 156 valence electrons. The predicted molar refractivity (Wildman–Crippen MR) is 97.0 cm³/mol. The molecular weight excluding hydrogens is 413 g/mol. The Kier molecular flexibility index (Phi) is 5.54. The van der Waals surface area contributed by atoms with Gasteiger partial charge in [-0.15, -0.1) is 0 Å². The number of alkyl halides is 3. The number of methoxy groups -OCH3 is 1. The Bertz CT molecular complexity index is 1040. The van der Waals surface area contributed by atoms with E-state index in [0.717, 1.165) is 28.6 Å². The number of nitro benzene ring substituents is 1. The van der Waals surface area contributed by atoms with Gasteiger partial charge in [-0.2, -0.15) is 17.5 Å². The zero-order chi connectivity index (χ0) is 21.4. The van der Waals surface area contributed by atoms with E-state index in [1.807, 2.05) is 0 Å². The number of benzene rings is 2. The van der Waals surface area contributed by atoms with E-state index in [1.54, 1.807) is 0 Å². The van der Waals surface area contributed by atoms with Crippen LogP contribution in [0.2, 0.25) is 0 Å². The summed E-state index contributed by atoms with van der Waals surface area (Å²) in [6.45, 7) is 0.0129. The fourth-order valence-corrected chi connectivity index (χ4v) is 5.19. The molecule has 3 rings (SSSR count). The average molecular weight is 430 g/mol. The molecule has 0 N–H and O–H groups in total. The van der Waals surface area contributed by atoms with Crippen molar-refractivity contribution in [2.75, 3.05) is 13.7 Å². The lowest BCUT2D eigenvalue weighted by Gasteiger charge is -2.26. The number of halogens is 3. The third kappa shape index (κ3) is 3.92. The first-order chi connectivity index (χ1) is 13.6. The Morgan fingerprint density at radius 3 is 2.52 bits per heavy atom. The van der Waals surface area contributed by atoms with E-state index in [9.17, 15) is 31.7 Å². The van der Waals surface area contributed by atoms with Crippen molar-refractivity contribution in [3.63, 3.8) is 0 Å². The normalized spacial score (nSPS) is 18.0. The van der Waals surface area contributed by atoms with Gasteiger partial charge in [-0.25, -0.2) is 8.42 Å². The van der Waals surface area contributed by atoms with Gasteiger partial charge in [0.25, 0.3) is 0 Å². The van der Waals surface area contributed by atoms with Crippen LogP contribution < -0.4 is 4.74 Å². The molecule has 1 atom stereocenters. The lowest BCUT2D eigenvalue weighted by Crippen LogP contribution is -2.31. The third-order valence-corrected chi connectivity index (χ3v) is 6.69. The standard InChI is InChI=1S/C18H17F3N2O5S/c1-28-17-9-8-12(11-16(17)23(24)25)29(26,27)22-10-4-7-15(22)13-5-2-3-6-14(13)18(19,20)21/h2-3,5-6,8-9,11,15H,4,7,10H2,1H3. The van der Waals surface area contributed by atoms with Gasteiger partial charge >= 0.3 is 11.9 Å². The van der Waals surface area contributed by atoms with E-state index in [-0.39, 0.29) is 29.2 Å². The fraction of sp³-hybridized carbons (Fsp3) is 0.333. The number of nitro groups is 1. The molecule has 0 aromatic heterocycles. The first-order valence-electron chi connectivity index (χ1n) is 8.57. The number of sulfonamides is 1. The highest BCUT2D eigenvalue weighted by Gasteiger charge is 2.42. The quantitative estimate of drug-likeness (QED) is 0.525. The molecule has 0 spiro atoms. The molecule has 0 saturated carbocycles. The van der Waals surface area contributed by atoms with Crippen molar-refractivity contribution in [2.45, 2.75) is 30.0 Å². The topological polar surface area (TPSA) is 89.8 Å². The van der Waals surface area contributed by atoms with Crippen LogP contribution in [0, 0.1) is 10.1 Å². The van der Waals surface area contributed by atoms with Gasteiger partial charge < -0.3 is 4.74 Å². The SMILES string of the molecule is COc1ccc(S(=O)(=O)N2CCCC2c2ccccc2C(F)(F)F)cc1[N+](=O)[O-]. The first-order valence-corrected chi connectivity index (χ1v) is 10.0. The summed E-state index contributed by atoms with van der Waals surface area (Å²) in [6, 6.07) is 6.98. The second kappa shape index (κ2) is 7.64. The van der Waals surface area contributed by atoms with Gasteiger partial charge in [0.2, 0.25) is 10.0 Å². The minimum atomic E-state index is -4.63. The molecule has 1 unspecified atom stereocenters. The van der Waals surface area contributed by atoms with Crippen LogP contribution in [0.15, 0.2) is 47.4 Å². The van der Waals surface area contributed by atoms with Gasteiger partial charge in [0.1, 0.15) is 0 Å². The zero-order valence-electron chi connectivity index (χ0n) is 15.2. The summed E-state index contributed by atoms with van der Waals surface area (Å²) in [5.41, 5.74) is -1.57. The van der Waals surface area contributed by atoms with E-state index in [0.29, 0.717) is 6.42 Å². The lowest BCUT2D eigenvalue weighted by atomic mass is 9.99. The van der Waals surface area contributed by atoms with E-state index >= 15 is 0 Å². The second-order valence-corrected chi connectivity index (χ2v) is 8.34. The van der Waals surface area contributed by atoms with Gasteiger partial charge in [-0.3, -0.25) is 10.1 Å². The lowest BCUT2D eigenvalue weighted by molar-refractivity contribution is -0.386. The molecule has 0 amide bonds. The molecule has 0 aliphatic carbocycles. The average Bonchev–Trinajstić information content (AvgIpc) is 3.17. The highest BCUT2D eigenvalue weighted by molar-refractivity contribution is 7.89. The highest BCUT2D eigenvalue weighted by Crippen LogP contribution is 2.43. The van der Waals surface area contributed by atoms with Crippen LogP contribution in [0.1, 0.15) is 30.0 Å². The Morgan fingerprint density at radius 1 is 1.21 bits per heavy atom. The Morgan fingerprint density at radius 2 is 1.90 bits per heavy atom. The van der Waals surface area contributed by atoms with Crippen molar-refractivity contribution in [2.24, 2.45) is 0 Å². The smallest absolute Gasteiger partial charge is 0.416 e. The van der Waals surface area contributed by atoms with E-state index < -0.39 is 38.4 Å². The Hall–Kier alpha value is -2.66. The number of hydrogen-bond acceptors (Lipinski definition) is 5. The summed E-state index contributed by atoms with van der Waals surface area (Å²) >= 11 is 0. The van der Waals surface area contributed by atoms with E-state index in [4.69, 9.17) is 4.74 Å². The van der Waals surface area contributed by atoms with E-state index in [1.165, 1.54) is 25.3 Å². The molecule has 1 saturated heterocycles. The molecule has 1 heterocycles. The number of hydrogen-bond donors (Lipinski definition) is 0. The van der Waals surface area contributed by atoms with Crippen molar-refractivity contribution in [3.8, 4) is 5.75 Å². The van der Waals surface area contributed by atoms with Crippen molar-refractivity contribution >= 4 is 15.7 Å². The summed E-state index contributed by atoms with van der Waals surface area (Å²) in [4.78, 5) is 10.1. The second-order valence-electron chi connectivity index (χ2n) is 6.45. The van der Waals surface area contributed by atoms with Gasteiger partial charge in [-0.1, -0.05) is 18.2 Å². The molecule has 0 bridgehead atoms. The molecule has 1 fully saturated rings. The fourth-order valence-electron chi connectivity index (χ4n) is 3.49. The molecule has 29 heavy (non-hydrogen) atoms. The Balaban J connectivity index is 2.07. The summed E-state index contributed by atoms with van der Waals surface area (Å²) in [5.74, 6) is -0.116. The molecule has 11 heteroatoms. The minimum Gasteiger partial charge on any atom is -0.490 e. The van der Waals surface area contributed by atoms with Gasteiger partial charge in [0, 0.05) is 12.6 Å². The minimum absolute atomic E-state index is 0.0129. The third-order valence-electron chi connectivity index (χ3n) is 4.78. The molecule has 7 nitrogen and oxygen atoms in total. The highest BCUT2D eigenvalue weighted by atomic mass is 32.2. The van der Waals surface area contributed by atoms with Crippen molar-refractivity contribution in [3.05, 3.63) is 63.7 Å². The summed E-state index contributed by atoms with van der Waals surface area (Å²) < 4.78 is 72.4. The van der Waals surface area contributed by atoms with Crippen LogP contribution in [0.3, 0.4) is 0 Å². The first kappa shape index (κ1) is 21.1. The monoisotopic (exact) mass is 430 g/mol. The summed E-state index contributed by atoms with van der Waals surface area (Å²) in [7, 11) is -3.06. The molecule has 1 aliphatic heterocycles. The van der Waals surface area contributed by atoms with Crippen molar-refractivity contribution in [1.29, 1.82) is 0 Å². The maximum Gasteiger partial charge on any atom is 0.416 e. The number of nitrogens with zero attached hydrogens (tertiary/aromatic N) is 2. The van der Waals surface area contributed by atoms with Gasteiger partial charge in [0.05, 0.1) is 28.5 Å². The van der Waals surface area contributed by atoms with Crippen LogP contribution in [0.5, 0.6) is 5.75 Å². The number of ether oxygens (including phenoxy) is 1. The molecular formula is C18H17F3N2O5S. The van der Waals surface area contributed by atoms with Crippen molar-refractivity contribution < 1.29 is 31.2 Å². The maximum atomic E-state index is 13.4. The Labute approximate surface area is 164 Å². The largest absolute Gasteiger partial charge is 0.490 e. The molecule has 0 radical (unpaired) electrons. The maximum absolute atomic E-state index is 13.4. The number of rotatable bonds is 5. The van der Waals surface area contributed by atoms with Crippen LogP contribution >= 0.6 is 0 Å². The summed E-state index contributed by atoms with van der Waals surface area (Å²) in [5, 5.41) is 11.2. The van der Waals surface area contributed by atoms with Crippen LogP contribution in [0.4, 0.5) is 18.9 Å². The van der Waals surface area contributed by atoms with Crippen LogP contribution in [-0.4, -0.2) is 31.3 Å². The van der Waals surface area contributed by atoms with Gasteiger partial charge in [-0.05, 0) is 36.6 Å². The van der Waals surface area contributed by atoms with Crippen molar-refractivity contribution in [1.82, 2.24) is 4.31 Å². The van der Waals surface area contributed by atoms with E-state index in [2.05, 4.69) is 0 Å². The molecule has 1 aliphatic rings. The predicted octanol–water partition coefficient (Wildman–Crippen LogP) is 4.15. The molecule has 2 aromatic rings. The molecule has 2 aromatic carbocycles. The van der Waals surface area contributed by atoms with Crippen LogP contribution in [0.25, 0.3) is 0 Å². The van der Waals surface area contributed by atoms with Gasteiger partial charge in [0.15, 0.2) is 5.75 Å². The summed E-state index contributed by atoms with van der Waals surface area (Å²) in [6.07, 6.45) is -4.05. The van der Waals surface area contributed by atoms with Crippen LogP contribution in [-0.2, 0) is 16.2 Å². The zero-order valence-corrected chi connectivity index (χ0v) is 16.0.